The van der Waals surface area contributed by atoms with E-state index in [1.165, 1.54) is 11.0 Å². The molecule has 0 bridgehead atoms. The lowest BCUT2D eigenvalue weighted by molar-refractivity contribution is 0.0256. The third-order valence-corrected chi connectivity index (χ3v) is 3.39. The first-order valence-electron chi connectivity index (χ1n) is 5.54. The van der Waals surface area contributed by atoms with Crippen LogP contribution in [0.5, 0.6) is 0 Å². The number of hydrogen-bond acceptors (Lipinski definition) is 3. The Morgan fingerprint density at radius 3 is 2.68 bits per heavy atom. The molecule has 19 heavy (non-hydrogen) atoms. The SMILES string of the molecule is COC(=O)c1c(F)cc(Br)cc1N1CCC(F)(F)C1. The fraction of sp³-hybridized carbons (Fsp3) is 0.417. The van der Waals surface area contributed by atoms with Crippen LogP contribution >= 0.6 is 15.9 Å². The first-order valence-corrected chi connectivity index (χ1v) is 6.33. The van der Waals surface area contributed by atoms with Crippen LogP contribution in [0.15, 0.2) is 16.6 Å². The van der Waals surface area contributed by atoms with Gasteiger partial charge in [0.05, 0.1) is 19.3 Å². The van der Waals surface area contributed by atoms with Crippen LogP contribution in [0.25, 0.3) is 0 Å². The van der Waals surface area contributed by atoms with Crippen LogP contribution in [0.2, 0.25) is 0 Å². The Labute approximate surface area is 116 Å². The summed E-state index contributed by atoms with van der Waals surface area (Å²) in [6.45, 7) is -0.472. The van der Waals surface area contributed by atoms with Gasteiger partial charge in [0.1, 0.15) is 11.4 Å². The molecule has 1 heterocycles. The van der Waals surface area contributed by atoms with Gasteiger partial charge in [-0.05, 0) is 12.1 Å². The highest BCUT2D eigenvalue weighted by molar-refractivity contribution is 9.10. The number of esters is 1. The van der Waals surface area contributed by atoms with Crippen molar-refractivity contribution in [3.05, 3.63) is 28.0 Å². The van der Waals surface area contributed by atoms with Crippen molar-refractivity contribution in [1.29, 1.82) is 0 Å². The zero-order valence-electron chi connectivity index (χ0n) is 10.1. The largest absolute Gasteiger partial charge is 0.465 e. The minimum absolute atomic E-state index is 0.0624. The van der Waals surface area contributed by atoms with Crippen LogP contribution in [-0.4, -0.2) is 32.1 Å². The first-order chi connectivity index (χ1) is 8.84. The van der Waals surface area contributed by atoms with E-state index in [1.807, 2.05) is 0 Å². The van der Waals surface area contributed by atoms with Gasteiger partial charge in [0.2, 0.25) is 0 Å². The average Bonchev–Trinajstić information content (AvgIpc) is 2.67. The van der Waals surface area contributed by atoms with E-state index in [9.17, 15) is 18.0 Å². The summed E-state index contributed by atoms with van der Waals surface area (Å²) >= 11 is 3.09. The minimum Gasteiger partial charge on any atom is -0.465 e. The molecular weight excluding hydrogens is 327 g/mol. The van der Waals surface area contributed by atoms with E-state index in [1.54, 1.807) is 0 Å². The van der Waals surface area contributed by atoms with Gasteiger partial charge in [-0.25, -0.2) is 18.0 Å². The van der Waals surface area contributed by atoms with Crippen LogP contribution in [0.3, 0.4) is 0 Å². The number of hydrogen-bond donors (Lipinski definition) is 0. The molecule has 1 saturated heterocycles. The third kappa shape index (κ3) is 2.86. The summed E-state index contributed by atoms with van der Waals surface area (Å²) in [7, 11) is 1.12. The van der Waals surface area contributed by atoms with Crippen molar-refractivity contribution in [1.82, 2.24) is 0 Å². The molecule has 0 atom stereocenters. The maximum Gasteiger partial charge on any atom is 0.342 e. The van der Waals surface area contributed by atoms with Crippen molar-refractivity contribution < 1.29 is 22.7 Å². The highest BCUT2D eigenvalue weighted by atomic mass is 79.9. The zero-order chi connectivity index (χ0) is 14.2. The molecule has 0 amide bonds. The monoisotopic (exact) mass is 337 g/mol. The predicted molar refractivity (Wildman–Crippen MR) is 67.2 cm³/mol. The highest BCUT2D eigenvalue weighted by Crippen LogP contribution is 2.35. The summed E-state index contributed by atoms with van der Waals surface area (Å²) in [5.41, 5.74) is -0.195. The first kappa shape index (κ1) is 14.2. The number of ether oxygens (including phenoxy) is 1. The minimum atomic E-state index is -2.83. The lowest BCUT2D eigenvalue weighted by Gasteiger charge is -2.21. The number of benzene rings is 1. The van der Waals surface area contributed by atoms with Gasteiger partial charge in [-0.3, -0.25) is 0 Å². The molecule has 2 rings (SSSR count). The lowest BCUT2D eigenvalue weighted by atomic mass is 10.1. The molecule has 0 unspecified atom stereocenters. The van der Waals surface area contributed by atoms with Gasteiger partial charge in [-0.1, -0.05) is 15.9 Å². The van der Waals surface area contributed by atoms with E-state index < -0.39 is 24.3 Å². The van der Waals surface area contributed by atoms with E-state index in [2.05, 4.69) is 20.7 Å². The molecule has 1 aliphatic heterocycles. The topological polar surface area (TPSA) is 29.5 Å². The molecular formula is C12H11BrF3NO2. The van der Waals surface area contributed by atoms with E-state index in [0.29, 0.717) is 4.47 Å². The standard InChI is InChI=1S/C12H11BrF3NO2/c1-19-11(18)10-8(14)4-7(13)5-9(10)17-3-2-12(15,16)6-17/h4-5H,2-3,6H2,1H3. The van der Waals surface area contributed by atoms with E-state index in [-0.39, 0.29) is 24.2 Å². The molecule has 104 valence electrons. The normalized spacial score (nSPS) is 17.6. The summed E-state index contributed by atoms with van der Waals surface area (Å²) in [4.78, 5) is 12.9. The van der Waals surface area contributed by atoms with Crippen molar-refractivity contribution in [3.8, 4) is 0 Å². The Balaban J connectivity index is 2.47. The highest BCUT2D eigenvalue weighted by Gasteiger charge is 2.40. The average molecular weight is 338 g/mol. The van der Waals surface area contributed by atoms with E-state index in [0.717, 1.165) is 13.2 Å². The Morgan fingerprint density at radius 1 is 1.47 bits per heavy atom. The Morgan fingerprint density at radius 2 is 2.16 bits per heavy atom. The number of carbonyl (C=O) groups excluding carboxylic acids is 1. The molecule has 0 N–H and O–H groups in total. The number of methoxy groups -OCH3 is 1. The van der Waals surface area contributed by atoms with Gasteiger partial charge in [0.15, 0.2) is 0 Å². The molecule has 0 radical (unpaired) electrons. The summed E-state index contributed by atoms with van der Waals surface area (Å²) in [6, 6.07) is 2.54. The van der Waals surface area contributed by atoms with Crippen LogP contribution in [0.1, 0.15) is 16.8 Å². The second-order valence-corrected chi connectivity index (χ2v) is 5.22. The lowest BCUT2D eigenvalue weighted by Crippen LogP contribution is -2.27. The fourth-order valence-corrected chi connectivity index (χ4v) is 2.47. The molecule has 3 nitrogen and oxygen atoms in total. The zero-order valence-corrected chi connectivity index (χ0v) is 11.6. The number of rotatable bonds is 2. The quantitative estimate of drug-likeness (QED) is 0.776. The van der Waals surface area contributed by atoms with Crippen molar-refractivity contribution >= 4 is 27.6 Å². The predicted octanol–water partition coefficient (Wildman–Crippen LogP) is 3.22. The van der Waals surface area contributed by atoms with Crippen LogP contribution < -0.4 is 4.90 Å². The summed E-state index contributed by atoms with van der Waals surface area (Å²) in [6.07, 6.45) is -0.318. The van der Waals surface area contributed by atoms with Gasteiger partial charge in [-0.2, -0.15) is 0 Å². The smallest absolute Gasteiger partial charge is 0.342 e. The molecule has 7 heteroatoms. The molecule has 1 fully saturated rings. The Bertz CT molecular complexity index is 522. The van der Waals surface area contributed by atoms with Crippen molar-refractivity contribution in [3.63, 3.8) is 0 Å². The fourth-order valence-electron chi connectivity index (χ4n) is 2.06. The maximum atomic E-state index is 13.8. The van der Waals surface area contributed by atoms with Crippen LogP contribution in [0, 0.1) is 5.82 Å². The number of alkyl halides is 2. The van der Waals surface area contributed by atoms with Gasteiger partial charge in [-0.15, -0.1) is 0 Å². The number of nitrogens with zero attached hydrogens (tertiary/aromatic N) is 1. The third-order valence-electron chi connectivity index (χ3n) is 2.93. The molecule has 0 spiro atoms. The summed E-state index contributed by atoms with van der Waals surface area (Å²) in [5.74, 6) is -4.51. The molecule has 1 aromatic rings. The molecule has 0 saturated carbocycles. The number of anilines is 1. The summed E-state index contributed by atoms with van der Waals surface area (Å²) < 4.78 is 45.2. The van der Waals surface area contributed by atoms with Gasteiger partial charge in [0.25, 0.3) is 5.92 Å². The number of carbonyl (C=O) groups is 1. The second-order valence-electron chi connectivity index (χ2n) is 4.30. The number of halogens is 4. The molecule has 0 aliphatic carbocycles. The second kappa shape index (κ2) is 5.03. The Kier molecular flexibility index (Phi) is 3.75. The van der Waals surface area contributed by atoms with Crippen molar-refractivity contribution in [2.45, 2.75) is 12.3 Å². The molecule has 0 aromatic heterocycles. The van der Waals surface area contributed by atoms with Gasteiger partial charge >= 0.3 is 5.97 Å². The summed E-state index contributed by atoms with van der Waals surface area (Å²) in [5, 5.41) is 0. The Hall–Kier alpha value is -1.24. The van der Waals surface area contributed by atoms with Gasteiger partial charge in [0, 0.05) is 17.4 Å². The van der Waals surface area contributed by atoms with Crippen LogP contribution in [-0.2, 0) is 4.74 Å². The van der Waals surface area contributed by atoms with E-state index >= 15 is 0 Å². The molecule has 1 aliphatic rings. The van der Waals surface area contributed by atoms with Gasteiger partial charge < -0.3 is 9.64 Å². The molecule has 1 aromatic carbocycles. The van der Waals surface area contributed by atoms with E-state index in [4.69, 9.17) is 0 Å². The van der Waals surface area contributed by atoms with Crippen LogP contribution in [0.4, 0.5) is 18.9 Å². The maximum absolute atomic E-state index is 13.8. The van der Waals surface area contributed by atoms with Crippen molar-refractivity contribution in [2.24, 2.45) is 0 Å². The van der Waals surface area contributed by atoms with Crippen molar-refractivity contribution in [2.75, 3.05) is 25.1 Å².